The molecule has 0 aliphatic carbocycles. The number of furan rings is 1. The van der Waals surface area contributed by atoms with Crippen LogP contribution in [0.15, 0.2) is 102 Å². The van der Waals surface area contributed by atoms with Gasteiger partial charge in [-0.15, -0.1) is 0 Å². The van der Waals surface area contributed by atoms with E-state index in [1.54, 1.807) is 0 Å². The summed E-state index contributed by atoms with van der Waals surface area (Å²) >= 11 is 0. The molecule has 0 fully saturated rings. The number of aromatic nitrogens is 3. The van der Waals surface area contributed by atoms with Crippen LogP contribution in [0.5, 0.6) is 0 Å². The van der Waals surface area contributed by atoms with Crippen LogP contribution in [0.25, 0.3) is 77.4 Å². The molecule has 0 radical (unpaired) electrons. The van der Waals surface area contributed by atoms with Gasteiger partial charge >= 0.3 is 0 Å². The largest absolute Gasteiger partial charge is 0.453 e. The molecule has 0 aliphatic heterocycles. The Morgan fingerprint density at radius 1 is 0.545 bits per heavy atom. The summed E-state index contributed by atoms with van der Waals surface area (Å²) in [6, 6.07) is 32.0. The van der Waals surface area contributed by atoms with E-state index in [-0.39, 0.29) is 0 Å². The number of aryl methyl sites for hydroxylation is 5. The van der Waals surface area contributed by atoms with Crippen LogP contribution in [-0.2, 0) is 0 Å². The monoisotopic (exact) mass is 569 g/mol. The van der Waals surface area contributed by atoms with E-state index in [9.17, 15) is 0 Å². The third kappa shape index (κ3) is 4.02. The number of para-hydroxylation sites is 1. The summed E-state index contributed by atoms with van der Waals surface area (Å²) in [4.78, 5) is 14.8. The third-order valence-corrected chi connectivity index (χ3v) is 9.01. The van der Waals surface area contributed by atoms with Crippen molar-refractivity contribution in [2.45, 2.75) is 34.6 Å². The summed E-state index contributed by atoms with van der Waals surface area (Å²) in [6.45, 7) is 10.6. The zero-order chi connectivity index (χ0) is 30.1. The molecule has 8 aromatic rings. The van der Waals surface area contributed by atoms with Crippen LogP contribution >= 0.6 is 0 Å². The Balaban J connectivity index is 1.27. The lowest BCUT2D eigenvalue weighted by Gasteiger charge is -2.15. The van der Waals surface area contributed by atoms with Crippen LogP contribution < -0.4 is 0 Å². The second-order valence-electron chi connectivity index (χ2n) is 11.9. The summed E-state index contributed by atoms with van der Waals surface area (Å²) in [5.74, 6) is 0. The molecule has 0 saturated heterocycles. The lowest BCUT2D eigenvalue weighted by Crippen LogP contribution is -1.95. The molecule has 0 spiro atoms. The predicted octanol–water partition coefficient (Wildman–Crippen LogP) is 10.6. The van der Waals surface area contributed by atoms with Crippen molar-refractivity contribution in [2.24, 2.45) is 0 Å². The van der Waals surface area contributed by atoms with E-state index in [2.05, 4.69) is 113 Å². The van der Waals surface area contributed by atoms with E-state index in [1.165, 1.54) is 27.8 Å². The second kappa shape index (κ2) is 9.85. The van der Waals surface area contributed by atoms with E-state index < -0.39 is 0 Å². The summed E-state index contributed by atoms with van der Waals surface area (Å²) in [7, 11) is 0. The first-order valence-electron chi connectivity index (χ1n) is 15.0. The van der Waals surface area contributed by atoms with Crippen LogP contribution in [0.3, 0.4) is 0 Å². The zero-order valence-electron chi connectivity index (χ0n) is 25.5. The normalized spacial score (nSPS) is 11.8. The number of hydrogen-bond donors (Lipinski definition) is 0. The van der Waals surface area contributed by atoms with E-state index in [4.69, 9.17) is 19.4 Å². The molecule has 8 rings (SSSR count). The van der Waals surface area contributed by atoms with Gasteiger partial charge < -0.3 is 4.42 Å². The molecular formula is C40H31N3O. The average Bonchev–Trinajstić information content (AvgIpc) is 3.41. The maximum absolute atomic E-state index is 6.62. The van der Waals surface area contributed by atoms with Crippen LogP contribution in [-0.4, -0.2) is 15.0 Å². The first kappa shape index (κ1) is 26.3. The molecule has 4 aromatic carbocycles. The van der Waals surface area contributed by atoms with E-state index in [1.807, 2.05) is 19.2 Å². The Morgan fingerprint density at radius 2 is 1.30 bits per heavy atom. The molecule has 0 atom stereocenters. The van der Waals surface area contributed by atoms with Gasteiger partial charge in [0, 0.05) is 44.6 Å². The Bertz CT molecular complexity index is 2430. The molecule has 0 saturated carbocycles. The average molecular weight is 570 g/mol. The topological polar surface area (TPSA) is 51.8 Å². The van der Waals surface area contributed by atoms with Crippen molar-refractivity contribution >= 4 is 43.7 Å². The maximum atomic E-state index is 6.62. The fraction of sp³-hybridized carbons (Fsp3) is 0.125. The van der Waals surface area contributed by atoms with Crippen LogP contribution in [0.4, 0.5) is 0 Å². The van der Waals surface area contributed by atoms with Crippen LogP contribution in [0, 0.1) is 34.6 Å². The lowest BCUT2D eigenvalue weighted by atomic mass is 9.93. The maximum Gasteiger partial charge on any atom is 0.161 e. The van der Waals surface area contributed by atoms with E-state index in [0.717, 1.165) is 77.5 Å². The van der Waals surface area contributed by atoms with E-state index >= 15 is 0 Å². The third-order valence-electron chi connectivity index (χ3n) is 9.01. The molecule has 0 amide bonds. The van der Waals surface area contributed by atoms with Gasteiger partial charge in [-0.25, -0.2) is 9.97 Å². The van der Waals surface area contributed by atoms with Gasteiger partial charge in [0.05, 0.1) is 16.9 Å². The number of fused-ring (bicyclic) bond motifs is 6. The first-order valence-corrected chi connectivity index (χ1v) is 15.0. The van der Waals surface area contributed by atoms with Crippen molar-refractivity contribution in [1.29, 1.82) is 0 Å². The molecule has 0 bridgehead atoms. The summed E-state index contributed by atoms with van der Waals surface area (Å²) in [5, 5.41) is 4.36. The molecule has 212 valence electrons. The smallest absolute Gasteiger partial charge is 0.161 e. The number of rotatable bonds is 3. The Morgan fingerprint density at radius 3 is 2.14 bits per heavy atom. The number of nitrogens with zero attached hydrogens (tertiary/aromatic N) is 3. The fourth-order valence-corrected chi connectivity index (χ4v) is 6.70. The van der Waals surface area contributed by atoms with Gasteiger partial charge in [-0.1, -0.05) is 54.6 Å². The summed E-state index contributed by atoms with van der Waals surface area (Å²) < 4.78 is 6.62. The zero-order valence-corrected chi connectivity index (χ0v) is 25.5. The van der Waals surface area contributed by atoms with Crippen molar-refractivity contribution in [1.82, 2.24) is 15.0 Å². The minimum absolute atomic E-state index is 0.819. The van der Waals surface area contributed by atoms with Gasteiger partial charge in [0.15, 0.2) is 5.58 Å². The SMILES string of the molecule is Cc1ccc2ccc3c4cccc(-c5cc(-c6ccc7nc(-c8c(C)cccc8C)ccc7c6C)c(C)cn5)c4oc3c2n1. The highest BCUT2D eigenvalue weighted by Crippen LogP contribution is 2.40. The molecule has 44 heavy (non-hydrogen) atoms. The van der Waals surface area contributed by atoms with E-state index in [0.29, 0.717) is 0 Å². The number of hydrogen-bond acceptors (Lipinski definition) is 4. The minimum Gasteiger partial charge on any atom is -0.453 e. The summed E-state index contributed by atoms with van der Waals surface area (Å²) in [5.41, 5.74) is 15.7. The Kier molecular flexibility index (Phi) is 5.89. The van der Waals surface area contributed by atoms with Gasteiger partial charge in [0.1, 0.15) is 11.1 Å². The first-order chi connectivity index (χ1) is 21.4. The van der Waals surface area contributed by atoms with Crippen molar-refractivity contribution in [3.63, 3.8) is 0 Å². The quantitative estimate of drug-likeness (QED) is 0.212. The van der Waals surface area contributed by atoms with Gasteiger partial charge in [-0.2, -0.15) is 0 Å². The summed E-state index contributed by atoms with van der Waals surface area (Å²) in [6.07, 6.45) is 1.97. The standard InChI is InChI=1S/C40H31N3O/c1-22-8-6-9-23(2)37(22)35-19-17-29-26(5)28(16-18-34(29)43-35)33-20-36(41-21-24(33)3)32-11-7-10-30-31-15-14-27-13-12-25(4)42-38(27)40(31)44-39(30)32/h6-21H,1-5H3. The molecule has 0 unspecified atom stereocenters. The van der Waals surface area contributed by atoms with Crippen LogP contribution in [0.1, 0.15) is 27.9 Å². The molecule has 4 aromatic heterocycles. The fourth-order valence-electron chi connectivity index (χ4n) is 6.70. The highest BCUT2D eigenvalue weighted by molar-refractivity contribution is 6.16. The predicted molar refractivity (Wildman–Crippen MR) is 182 cm³/mol. The van der Waals surface area contributed by atoms with Crippen LogP contribution in [0.2, 0.25) is 0 Å². The van der Waals surface area contributed by atoms with Gasteiger partial charge in [0.2, 0.25) is 0 Å². The number of benzene rings is 4. The minimum atomic E-state index is 0.819. The molecule has 0 aliphatic rings. The number of pyridine rings is 3. The van der Waals surface area contributed by atoms with Gasteiger partial charge in [0.25, 0.3) is 0 Å². The highest BCUT2D eigenvalue weighted by atomic mass is 16.3. The van der Waals surface area contributed by atoms with Crippen molar-refractivity contribution in [3.05, 3.63) is 125 Å². The Labute approximate surface area is 256 Å². The van der Waals surface area contributed by atoms with Crippen molar-refractivity contribution < 1.29 is 4.42 Å². The van der Waals surface area contributed by atoms with Gasteiger partial charge in [-0.05, 0) is 104 Å². The van der Waals surface area contributed by atoms with Gasteiger partial charge in [-0.3, -0.25) is 4.98 Å². The lowest BCUT2D eigenvalue weighted by molar-refractivity contribution is 0.672. The highest BCUT2D eigenvalue weighted by Gasteiger charge is 2.18. The molecule has 4 heterocycles. The molecular weight excluding hydrogens is 538 g/mol. The molecule has 0 N–H and O–H groups in total. The Hall–Kier alpha value is -5.35. The van der Waals surface area contributed by atoms with Crippen molar-refractivity contribution in [3.8, 4) is 33.6 Å². The second-order valence-corrected chi connectivity index (χ2v) is 11.9. The van der Waals surface area contributed by atoms with Crippen molar-refractivity contribution in [2.75, 3.05) is 0 Å². The molecule has 4 heteroatoms. The molecule has 4 nitrogen and oxygen atoms in total.